The van der Waals surface area contributed by atoms with Gasteiger partial charge in [0.1, 0.15) is 11.2 Å². The molecule has 2 heterocycles. The minimum absolute atomic E-state index is 0.0663. The molecule has 10 atom stereocenters. The Morgan fingerprint density at radius 3 is 2.35 bits per heavy atom. The largest absolute Gasteiger partial charge is 0.393 e. The van der Waals surface area contributed by atoms with E-state index in [1.807, 2.05) is 0 Å². The molecular formula is C28H44O3. The number of allylic oxidation sites excluding steroid dienone is 2. The van der Waals surface area contributed by atoms with Gasteiger partial charge in [-0.15, -0.1) is 0 Å². The Morgan fingerprint density at radius 1 is 0.903 bits per heavy atom. The highest BCUT2D eigenvalue weighted by Gasteiger charge is 2.74. The molecule has 10 unspecified atom stereocenters. The molecule has 0 aromatic rings. The van der Waals surface area contributed by atoms with Gasteiger partial charge in [0, 0.05) is 23.7 Å². The fourth-order valence-electron chi connectivity index (χ4n) is 8.71. The van der Waals surface area contributed by atoms with Gasteiger partial charge in [-0.25, -0.2) is 9.78 Å². The summed E-state index contributed by atoms with van der Waals surface area (Å²) in [5, 5.41) is 10.4. The predicted octanol–water partition coefficient (Wildman–Crippen LogP) is 6.47. The van der Waals surface area contributed by atoms with E-state index < -0.39 is 5.60 Å². The molecule has 4 aliphatic carbocycles. The molecule has 1 saturated heterocycles. The third kappa shape index (κ3) is 2.88. The quantitative estimate of drug-likeness (QED) is 0.412. The van der Waals surface area contributed by atoms with Crippen molar-refractivity contribution in [2.45, 2.75) is 104 Å². The van der Waals surface area contributed by atoms with Crippen LogP contribution in [0.1, 0.15) is 86.5 Å². The van der Waals surface area contributed by atoms with Gasteiger partial charge in [0.05, 0.1) is 6.10 Å². The summed E-state index contributed by atoms with van der Waals surface area (Å²) >= 11 is 0. The Balaban J connectivity index is 1.45. The van der Waals surface area contributed by atoms with E-state index >= 15 is 0 Å². The zero-order chi connectivity index (χ0) is 22.2. The van der Waals surface area contributed by atoms with Crippen LogP contribution in [0.3, 0.4) is 0 Å². The summed E-state index contributed by atoms with van der Waals surface area (Å²) in [6.07, 6.45) is 17.0. The van der Waals surface area contributed by atoms with E-state index in [-0.39, 0.29) is 22.5 Å². The van der Waals surface area contributed by atoms with Crippen molar-refractivity contribution in [1.82, 2.24) is 0 Å². The molecule has 2 aliphatic heterocycles. The van der Waals surface area contributed by atoms with Crippen LogP contribution >= 0.6 is 0 Å². The lowest BCUT2D eigenvalue weighted by Crippen LogP contribution is -2.73. The van der Waals surface area contributed by atoms with Gasteiger partial charge in [0.25, 0.3) is 0 Å². The van der Waals surface area contributed by atoms with Crippen LogP contribution in [0.4, 0.5) is 0 Å². The van der Waals surface area contributed by atoms with Gasteiger partial charge in [-0.05, 0) is 73.7 Å². The summed E-state index contributed by atoms with van der Waals surface area (Å²) in [6, 6.07) is 0. The van der Waals surface area contributed by atoms with Gasteiger partial charge >= 0.3 is 0 Å². The van der Waals surface area contributed by atoms with Crippen LogP contribution in [0.5, 0.6) is 0 Å². The highest BCUT2D eigenvalue weighted by molar-refractivity contribution is 5.33. The molecule has 0 radical (unpaired) electrons. The lowest BCUT2D eigenvalue weighted by molar-refractivity contribution is -0.497. The van der Waals surface area contributed by atoms with Gasteiger partial charge < -0.3 is 5.11 Å². The van der Waals surface area contributed by atoms with Crippen LogP contribution in [-0.2, 0) is 9.78 Å². The van der Waals surface area contributed by atoms with Crippen LogP contribution in [0.2, 0.25) is 0 Å². The number of hydrogen-bond donors (Lipinski definition) is 1. The minimum Gasteiger partial charge on any atom is -0.393 e. The second-order valence-electron chi connectivity index (χ2n) is 12.7. The SMILES string of the molecule is CC(C)C(C)/C=C/C(C)C1CCC2C1(C)CCC1C23C=CC2(CC(O)CCC12C)OO3. The zero-order valence-electron chi connectivity index (χ0n) is 20.6. The number of rotatable bonds is 4. The summed E-state index contributed by atoms with van der Waals surface area (Å²) in [6.45, 7) is 14.4. The molecule has 6 rings (SSSR count). The maximum absolute atomic E-state index is 10.4. The third-order valence-electron chi connectivity index (χ3n) is 11.1. The Labute approximate surface area is 189 Å². The molecule has 3 saturated carbocycles. The van der Waals surface area contributed by atoms with Crippen LogP contribution in [0, 0.1) is 46.3 Å². The fourth-order valence-corrected chi connectivity index (χ4v) is 8.71. The Morgan fingerprint density at radius 2 is 1.68 bits per heavy atom. The molecule has 2 spiro atoms. The first-order chi connectivity index (χ1) is 14.6. The highest BCUT2D eigenvalue weighted by atomic mass is 17.2. The third-order valence-corrected chi connectivity index (χ3v) is 11.1. The monoisotopic (exact) mass is 428 g/mol. The van der Waals surface area contributed by atoms with Crippen molar-refractivity contribution in [2.75, 3.05) is 0 Å². The summed E-state index contributed by atoms with van der Waals surface area (Å²) in [7, 11) is 0. The lowest BCUT2D eigenvalue weighted by atomic mass is 9.43. The van der Waals surface area contributed by atoms with Crippen LogP contribution in [0.25, 0.3) is 0 Å². The van der Waals surface area contributed by atoms with Crippen molar-refractivity contribution >= 4 is 0 Å². The summed E-state index contributed by atoms with van der Waals surface area (Å²) in [5.41, 5.74) is -0.366. The smallest absolute Gasteiger partial charge is 0.130 e. The van der Waals surface area contributed by atoms with Gasteiger partial charge in [0.15, 0.2) is 0 Å². The summed E-state index contributed by atoms with van der Waals surface area (Å²) in [5.74, 6) is 3.64. The highest BCUT2D eigenvalue weighted by Crippen LogP contribution is 2.72. The average molecular weight is 429 g/mol. The standard InChI is InChI=1S/C28H44O3/c1-18(2)19(3)7-8-20(4)22-9-10-23-25(22,5)13-12-24-26(6)14-11-21(29)17-27(26)15-16-28(23,24)31-30-27/h7-8,15-16,18-24,29H,9-14,17H2,1-6H3/b8-7+. The van der Waals surface area contributed by atoms with E-state index in [9.17, 15) is 5.11 Å². The number of hydrogen-bond acceptors (Lipinski definition) is 3. The Kier molecular flexibility index (Phi) is 5.13. The van der Waals surface area contributed by atoms with E-state index in [1.165, 1.54) is 25.7 Å². The van der Waals surface area contributed by atoms with E-state index in [2.05, 4.69) is 65.8 Å². The lowest BCUT2D eigenvalue weighted by Gasteiger charge is -2.69. The van der Waals surface area contributed by atoms with Crippen LogP contribution in [0.15, 0.2) is 24.3 Å². The summed E-state index contributed by atoms with van der Waals surface area (Å²) < 4.78 is 0. The molecule has 3 nitrogen and oxygen atoms in total. The molecule has 174 valence electrons. The molecule has 1 N–H and O–H groups in total. The maximum atomic E-state index is 10.4. The van der Waals surface area contributed by atoms with Gasteiger partial charge in [-0.1, -0.05) is 59.8 Å². The number of aliphatic hydroxyl groups is 1. The van der Waals surface area contributed by atoms with Gasteiger partial charge in [-0.3, -0.25) is 0 Å². The van der Waals surface area contributed by atoms with E-state index in [1.54, 1.807) is 0 Å². The topological polar surface area (TPSA) is 38.7 Å². The van der Waals surface area contributed by atoms with Crippen LogP contribution in [-0.4, -0.2) is 22.4 Å². The van der Waals surface area contributed by atoms with Crippen molar-refractivity contribution in [3.63, 3.8) is 0 Å². The fraction of sp³-hybridized carbons (Fsp3) is 0.857. The maximum Gasteiger partial charge on any atom is 0.130 e. The zero-order valence-corrected chi connectivity index (χ0v) is 20.6. The molecule has 6 aliphatic rings. The van der Waals surface area contributed by atoms with Crippen molar-refractivity contribution in [3.05, 3.63) is 24.3 Å². The van der Waals surface area contributed by atoms with E-state index in [0.717, 1.165) is 12.8 Å². The molecule has 4 fully saturated rings. The number of fused-ring (bicyclic) bond motifs is 2. The van der Waals surface area contributed by atoms with E-state index in [4.69, 9.17) is 9.78 Å². The molecule has 31 heavy (non-hydrogen) atoms. The second kappa shape index (κ2) is 7.18. The molecule has 0 amide bonds. The molecule has 0 aromatic heterocycles. The first-order valence-electron chi connectivity index (χ1n) is 13.0. The van der Waals surface area contributed by atoms with Crippen molar-refractivity contribution < 1.29 is 14.9 Å². The Bertz CT molecular complexity index is 772. The van der Waals surface area contributed by atoms with Crippen LogP contribution < -0.4 is 0 Å². The van der Waals surface area contributed by atoms with Crippen molar-refractivity contribution in [2.24, 2.45) is 46.3 Å². The minimum atomic E-state index is -0.439. The van der Waals surface area contributed by atoms with Gasteiger partial charge in [-0.2, -0.15) is 0 Å². The normalized spacial score (nSPS) is 52.8. The molecule has 3 heteroatoms. The summed E-state index contributed by atoms with van der Waals surface area (Å²) in [4.78, 5) is 12.8. The first-order valence-corrected chi connectivity index (χ1v) is 13.0. The molecule has 2 bridgehead atoms. The first kappa shape index (κ1) is 22.2. The molecular weight excluding hydrogens is 384 g/mol. The van der Waals surface area contributed by atoms with Crippen molar-refractivity contribution in [3.8, 4) is 0 Å². The van der Waals surface area contributed by atoms with Crippen molar-refractivity contribution in [1.29, 1.82) is 0 Å². The average Bonchev–Trinajstić information content (AvgIpc) is 3.09. The van der Waals surface area contributed by atoms with Gasteiger partial charge in [0.2, 0.25) is 0 Å². The predicted molar refractivity (Wildman–Crippen MR) is 124 cm³/mol. The second-order valence-corrected chi connectivity index (χ2v) is 12.7. The van der Waals surface area contributed by atoms with E-state index in [0.29, 0.717) is 41.9 Å². The molecule has 0 aromatic carbocycles. The Hall–Kier alpha value is -0.640. The number of aliphatic hydroxyl groups excluding tert-OH is 1.